The van der Waals surface area contributed by atoms with E-state index in [0.717, 1.165) is 36.2 Å². The molecule has 0 aromatic heterocycles. The molecule has 5 rings (SSSR count). The third kappa shape index (κ3) is 5.80. The molecule has 0 unspecified atom stereocenters. The van der Waals surface area contributed by atoms with Crippen molar-refractivity contribution in [2.75, 3.05) is 18.0 Å². The summed E-state index contributed by atoms with van der Waals surface area (Å²) in [7, 11) is 0. The zero-order chi connectivity index (χ0) is 28.1. The van der Waals surface area contributed by atoms with Crippen LogP contribution in [0.1, 0.15) is 63.5 Å². The molecule has 0 radical (unpaired) electrons. The van der Waals surface area contributed by atoms with Gasteiger partial charge in [-0.25, -0.2) is 4.79 Å². The summed E-state index contributed by atoms with van der Waals surface area (Å²) in [6.07, 6.45) is 2.49. The number of nitrogens with zero attached hydrogens (tertiary/aromatic N) is 2. The standard InChI is InChI=1S/C30H36Cl2N2O5/c1-17-13-23(31)27(24(32)14-17)38-21-11-12-33(16-21)19-7-5-18(6-8-19)22-15-20-9-10-25(26(22)28(35)36)34(20)29(37)39-30(2,3)4/h5-8,13-14,20-22,25-26H,9-12,15-16H2,1-4H3,(H,35,36)/t20-,21-,22+,25+,26+/m1/s1. The highest BCUT2D eigenvalue weighted by molar-refractivity contribution is 6.37. The predicted molar refractivity (Wildman–Crippen MR) is 152 cm³/mol. The minimum absolute atomic E-state index is 0.0120. The number of piperidine rings is 1. The van der Waals surface area contributed by atoms with Crippen LogP contribution in [0.2, 0.25) is 10.0 Å². The van der Waals surface area contributed by atoms with Crippen molar-refractivity contribution in [1.82, 2.24) is 4.90 Å². The van der Waals surface area contributed by atoms with Crippen LogP contribution in [0.4, 0.5) is 10.5 Å². The molecule has 210 valence electrons. The molecule has 3 aliphatic rings. The number of rotatable bonds is 5. The molecule has 2 aromatic rings. The maximum atomic E-state index is 13.0. The molecule has 1 N–H and O–H groups in total. The third-order valence-electron chi connectivity index (χ3n) is 8.07. The average Bonchev–Trinajstić information content (AvgIpc) is 3.43. The minimum Gasteiger partial charge on any atom is -0.485 e. The highest BCUT2D eigenvalue weighted by atomic mass is 35.5. The molecule has 2 bridgehead atoms. The van der Waals surface area contributed by atoms with Crippen molar-refractivity contribution in [3.63, 3.8) is 0 Å². The van der Waals surface area contributed by atoms with Gasteiger partial charge < -0.3 is 24.4 Å². The Morgan fingerprint density at radius 3 is 2.31 bits per heavy atom. The Labute approximate surface area is 240 Å². The molecule has 1 amide bonds. The smallest absolute Gasteiger partial charge is 0.410 e. The van der Waals surface area contributed by atoms with E-state index in [2.05, 4.69) is 17.0 Å². The molecule has 7 nitrogen and oxygen atoms in total. The number of hydrogen-bond acceptors (Lipinski definition) is 5. The largest absolute Gasteiger partial charge is 0.485 e. The highest BCUT2D eigenvalue weighted by Crippen LogP contribution is 2.48. The summed E-state index contributed by atoms with van der Waals surface area (Å²) in [5.74, 6) is -1.17. The Bertz CT molecular complexity index is 1220. The fourth-order valence-corrected chi connectivity index (χ4v) is 7.13. The molecule has 5 atom stereocenters. The molecular formula is C30H36Cl2N2O5. The maximum absolute atomic E-state index is 13.0. The lowest BCUT2D eigenvalue weighted by Crippen LogP contribution is -2.54. The van der Waals surface area contributed by atoms with E-state index in [1.807, 2.05) is 52.0 Å². The Morgan fingerprint density at radius 1 is 1.03 bits per heavy atom. The minimum atomic E-state index is -0.865. The number of aliphatic carboxylic acids is 1. The van der Waals surface area contributed by atoms with Crippen LogP contribution in [0.5, 0.6) is 5.75 Å². The molecule has 9 heteroatoms. The SMILES string of the molecule is Cc1cc(Cl)c(O[C@@H]2CCN(c3ccc([C@@H]4C[C@H]5CC[C@@H]([C@H]4C(=O)O)N5C(=O)OC(C)(C)C)cc3)C2)c(Cl)c1. The molecule has 3 aliphatic heterocycles. The van der Waals surface area contributed by atoms with Gasteiger partial charge in [0.05, 0.1) is 22.5 Å². The average molecular weight is 576 g/mol. The monoisotopic (exact) mass is 574 g/mol. The van der Waals surface area contributed by atoms with Gasteiger partial charge in [-0.1, -0.05) is 35.3 Å². The van der Waals surface area contributed by atoms with E-state index < -0.39 is 23.6 Å². The lowest BCUT2D eigenvalue weighted by Gasteiger charge is -2.43. The summed E-state index contributed by atoms with van der Waals surface area (Å²) in [6.45, 7) is 8.97. The summed E-state index contributed by atoms with van der Waals surface area (Å²) in [5.41, 5.74) is 2.42. The van der Waals surface area contributed by atoms with E-state index >= 15 is 0 Å². The molecule has 2 aromatic carbocycles. The summed E-state index contributed by atoms with van der Waals surface area (Å²) < 4.78 is 11.8. The van der Waals surface area contributed by atoms with Gasteiger partial charge in [0, 0.05) is 36.7 Å². The molecule has 0 spiro atoms. The Kier molecular flexibility index (Phi) is 7.68. The number of carbonyl (C=O) groups excluding carboxylic acids is 1. The van der Waals surface area contributed by atoms with Crippen LogP contribution in [0, 0.1) is 12.8 Å². The summed E-state index contributed by atoms with van der Waals surface area (Å²) >= 11 is 12.8. The van der Waals surface area contributed by atoms with Gasteiger partial charge in [-0.05, 0) is 82.3 Å². The number of carbonyl (C=O) groups is 2. The number of ether oxygens (including phenoxy) is 2. The van der Waals surface area contributed by atoms with Crippen molar-refractivity contribution in [3.8, 4) is 5.75 Å². The second-order valence-corrected chi connectivity index (χ2v) is 12.8. The normalized spacial score (nSPS) is 26.6. The van der Waals surface area contributed by atoms with Crippen molar-refractivity contribution in [3.05, 3.63) is 57.6 Å². The van der Waals surface area contributed by atoms with Crippen molar-refractivity contribution >= 4 is 41.0 Å². The number of aryl methyl sites for hydroxylation is 1. The van der Waals surface area contributed by atoms with Crippen LogP contribution in [0.3, 0.4) is 0 Å². The lowest BCUT2D eigenvalue weighted by molar-refractivity contribution is -0.146. The van der Waals surface area contributed by atoms with Gasteiger partial charge >= 0.3 is 12.1 Å². The lowest BCUT2D eigenvalue weighted by atomic mass is 9.76. The number of fused-ring (bicyclic) bond motifs is 2. The quantitative estimate of drug-likeness (QED) is 0.417. The molecule has 3 saturated heterocycles. The molecule has 39 heavy (non-hydrogen) atoms. The van der Waals surface area contributed by atoms with E-state index in [9.17, 15) is 14.7 Å². The second-order valence-electron chi connectivity index (χ2n) is 12.0. The Hall–Kier alpha value is -2.64. The van der Waals surface area contributed by atoms with Gasteiger partial charge in [0.15, 0.2) is 5.75 Å². The van der Waals surface area contributed by atoms with E-state index in [0.29, 0.717) is 35.2 Å². The number of carboxylic acid groups (broad SMARTS) is 1. The summed E-state index contributed by atoms with van der Waals surface area (Å²) in [4.78, 5) is 29.4. The first kappa shape index (κ1) is 27.9. The van der Waals surface area contributed by atoms with Crippen molar-refractivity contribution in [2.45, 2.75) is 83.1 Å². The van der Waals surface area contributed by atoms with Gasteiger partial charge in [0.1, 0.15) is 11.7 Å². The fourth-order valence-electron chi connectivity index (χ4n) is 6.44. The third-order valence-corrected chi connectivity index (χ3v) is 8.63. The first-order valence-corrected chi connectivity index (χ1v) is 14.4. The van der Waals surface area contributed by atoms with Gasteiger partial charge in [0.2, 0.25) is 0 Å². The van der Waals surface area contributed by atoms with Crippen molar-refractivity contribution in [2.24, 2.45) is 5.92 Å². The van der Waals surface area contributed by atoms with Gasteiger partial charge in [-0.3, -0.25) is 4.79 Å². The second kappa shape index (κ2) is 10.7. The number of amides is 1. The topological polar surface area (TPSA) is 79.3 Å². The number of benzene rings is 2. The van der Waals surface area contributed by atoms with E-state index in [4.69, 9.17) is 32.7 Å². The van der Waals surface area contributed by atoms with Crippen molar-refractivity contribution < 1.29 is 24.2 Å². The predicted octanol–water partition coefficient (Wildman–Crippen LogP) is 6.92. The van der Waals surface area contributed by atoms with E-state index in [1.165, 1.54) is 0 Å². The first-order chi connectivity index (χ1) is 18.4. The van der Waals surface area contributed by atoms with E-state index in [1.54, 1.807) is 4.90 Å². The summed E-state index contributed by atoms with van der Waals surface area (Å²) in [6, 6.07) is 11.5. The number of hydrogen-bond donors (Lipinski definition) is 1. The number of carboxylic acids is 1. The van der Waals surface area contributed by atoms with Crippen LogP contribution in [-0.2, 0) is 9.53 Å². The zero-order valence-corrected chi connectivity index (χ0v) is 24.3. The zero-order valence-electron chi connectivity index (χ0n) is 22.8. The first-order valence-electron chi connectivity index (χ1n) is 13.6. The van der Waals surface area contributed by atoms with Crippen LogP contribution < -0.4 is 9.64 Å². The van der Waals surface area contributed by atoms with Crippen LogP contribution >= 0.6 is 23.2 Å². The fraction of sp³-hybridized carbons (Fsp3) is 0.533. The van der Waals surface area contributed by atoms with Crippen molar-refractivity contribution in [1.29, 1.82) is 0 Å². The van der Waals surface area contributed by atoms with Crippen LogP contribution in [0.25, 0.3) is 0 Å². The number of anilines is 1. The molecule has 3 heterocycles. The molecule has 0 saturated carbocycles. The van der Waals surface area contributed by atoms with E-state index in [-0.39, 0.29) is 24.1 Å². The maximum Gasteiger partial charge on any atom is 0.410 e. The van der Waals surface area contributed by atoms with Gasteiger partial charge in [0.25, 0.3) is 0 Å². The Balaban J connectivity index is 1.27. The molecular weight excluding hydrogens is 539 g/mol. The summed E-state index contributed by atoms with van der Waals surface area (Å²) in [5, 5.41) is 11.3. The van der Waals surface area contributed by atoms with Crippen LogP contribution in [0.15, 0.2) is 36.4 Å². The highest BCUT2D eigenvalue weighted by Gasteiger charge is 2.53. The van der Waals surface area contributed by atoms with Crippen LogP contribution in [-0.4, -0.2) is 58.9 Å². The van der Waals surface area contributed by atoms with Gasteiger partial charge in [-0.2, -0.15) is 0 Å². The Morgan fingerprint density at radius 2 is 1.69 bits per heavy atom. The molecule has 3 fully saturated rings. The number of halogens is 2. The van der Waals surface area contributed by atoms with Gasteiger partial charge in [-0.15, -0.1) is 0 Å². The molecule has 0 aliphatic carbocycles.